The summed E-state index contributed by atoms with van der Waals surface area (Å²) in [7, 11) is 1.52. The molecule has 4 atom stereocenters. The summed E-state index contributed by atoms with van der Waals surface area (Å²) in [4.78, 5) is 55.2. The lowest BCUT2D eigenvalue weighted by molar-refractivity contribution is -0.384. The second-order valence-corrected chi connectivity index (χ2v) is 9.86. The summed E-state index contributed by atoms with van der Waals surface area (Å²) in [6, 6.07) is 16.5. The first-order valence-electron chi connectivity index (χ1n) is 12.1. The number of amides is 3. The normalized spacial score (nSPS) is 22.8. The number of methoxy groups -OCH3 is 1. The minimum atomic E-state index is -1.04. The van der Waals surface area contributed by atoms with Gasteiger partial charge in [0.05, 0.1) is 35.6 Å². The van der Waals surface area contributed by atoms with E-state index in [4.69, 9.17) is 16.3 Å². The Labute approximate surface area is 227 Å². The maximum absolute atomic E-state index is 13.9. The molecule has 2 fully saturated rings. The second kappa shape index (κ2) is 9.25. The monoisotopic (exact) mass is 544 g/mol. The van der Waals surface area contributed by atoms with Gasteiger partial charge in [0.2, 0.25) is 17.7 Å². The van der Waals surface area contributed by atoms with E-state index in [2.05, 4.69) is 5.32 Å². The average molecular weight is 545 g/mol. The molecule has 1 N–H and O–H groups in total. The van der Waals surface area contributed by atoms with E-state index in [9.17, 15) is 24.5 Å². The minimum absolute atomic E-state index is 0.0683. The number of imide groups is 1. The summed E-state index contributed by atoms with van der Waals surface area (Å²) in [5, 5.41) is 14.0. The van der Waals surface area contributed by atoms with Crippen LogP contribution in [0.5, 0.6) is 5.75 Å². The number of nitro groups is 1. The highest BCUT2D eigenvalue weighted by molar-refractivity contribution is 6.32. The highest BCUT2D eigenvalue weighted by Crippen LogP contribution is 2.53. The number of carbonyl (C=O) groups is 3. The van der Waals surface area contributed by atoms with Gasteiger partial charge < -0.3 is 15.0 Å². The fourth-order valence-electron chi connectivity index (χ4n) is 5.79. The summed E-state index contributed by atoms with van der Waals surface area (Å²) < 4.78 is 5.20. The maximum atomic E-state index is 13.9. The van der Waals surface area contributed by atoms with Crippen LogP contribution >= 0.6 is 11.6 Å². The van der Waals surface area contributed by atoms with Crippen molar-refractivity contribution in [2.24, 2.45) is 11.8 Å². The third-order valence-corrected chi connectivity index (χ3v) is 7.79. The van der Waals surface area contributed by atoms with Gasteiger partial charge in [-0.3, -0.25) is 24.5 Å². The van der Waals surface area contributed by atoms with Crippen LogP contribution in [0.1, 0.15) is 17.2 Å². The molecule has 3 aromatic carbocycles. The Hall–Kier alpha value is -4.70. The molecule has 3 aromatic rings. The molecular formula is C28H21ClN4O6. The molecule has 10 nitrogen and oxygen atoms in total. The van der Waals surface area contributed by atoms with Gasteiger partial charge in [0.25, 0.3) is 5.69 Å². The van der Waals surface area contributed by atoms with E-state index in [1.54, 1.807) is 35.4 Å². The Kier molecular flexibility index (Phi) is 5.84. The van der Waals surface area contributed by atoms with E-state index < -0.39 is 46.6 Å². The van der Waals surface area contributed by atoms with Gasteiger partial charge in [-0.25, -0.2) is 4.90 Å². The number of halogens is 1. The fourth-order valence-corrected chi connectivity index (χ4v) is 5.98. The Balaban J connectivity index is 1.41. The Morgan fingerprint density at radius 2 is 1.74 bits per heavy atom. The standard InChI is InChI=1S/C28H21ClN4O6/c1-39-18-9-7-17(8-10-18)32-27(35)22-23(28(32)36)25(31-13-12-15-4-2-3-5-19(15)24(22)31)26(34)30-16-6-11-20(29)21(14-16)33(37)38/h2-14,22-25H,1H3,(H,30,34)/t22-,23+,24+,25+/m0/s1. The molecule has 3 amide bonds. The average Bonchev–Trinajstić information content (AvgIpc) is 3.42. The lowest BCUT2D eigenvalue weighted by Crippen LogP contribution is -2.46. The summed E-state index contributed by atoms with van der Waals surface area (Å²) >= 11 is 5.93. The third kappa shape index (κ3) is 3.83. The molecule has 39 heavy (non-hydrogen) atoms. The number of fused-ring (bicyclic) bond motifs is 5. The van der Waals surface area contributed by atoms with Crippen LogP contribution in [0.2, 0.25) is 5.02 Å². The van der Waals surface area contributed by atoms with Crippen LogP contribution in [-0.2, 0) is 14.4 Å². The molecule has 3 heterocycles. The maximum Gasteiger partial charge on any atom is 0.289 e. The van der Waals surface area contributed by atoms with Crippen molar-refractivity contribution in [3.63, 3.8) is 0 Å². The first-order valence-corrected chi connectivity index (χ1v) is 12.5. The first-order chi connectivity index (χ1) is 18.8. The van der Waals surface area contributed by atoms with E-state index in [0.717, 1.165) is 22.1 Å². The number of hydrogen-bond acceptors (Lipinski definition) is 7. The number of hydrogen-bond donors (Lipinski definition) is 1. The quantitative estimate of drug-likeness (QED) is 0.287. The van der Waals surface area contributed by atoms with Gasteiger partial charge in [-0.05, 0) is 53.6 Å². The van der Waals surface area contributed by atoms with E-state index in [1.165, 1.54) is 19.2 Å². The summed E-state index contributed by atoms with van der Waals surface area (Å²) in [6.45, 7) is 0. The smallest absolute Gasteiger partial charge is 0.289 e. The molecule has 0 aromatic heterocycles. The molecule has 0 saturated carbocycles. The number of carbonyl (C=O) groups excluding carboxylic acids is 3. The molecule has 0 aliphatic carbocycles. The van der Waals surface area contributed by atoms with Gasteiger partial charge in [-0.2, -0.15) is 0 Å². The molecule has 3 aliphatic rings. The van der Waals surface area contributed by atoms with Crippen LogP contribution < -0.4 is 15.0 Å². The van der Waals surface area contributed by atoms with Gasteiger partial charge >= 0.3 is 0 Å². The SMILES string of the molecule is COc1ccc(N2C(=O)[C@@H]3[C@H](C2=O)[C@H]2c4ccccc4C=CN2[C@H]3C(=O)Nc2ccc(Cl)c([N+](=O)[O-])c2)cc1. The zero-order chi connectivity index (χ0) is 27.4. The van der Waals surface area contributed by atoms with Gasteiger partial charge in [0.15, 0.2) is 0 Å². The molecule has 196 valence electrons. The van der Waals surface area contributed by atoms with E-state index in [-0.39, 0.29) is 16.4 Å². The molecule has 6 rings (SSSR count). The number of benzene rings is 3. The van der Waals surface area contributed by atoms with Gasteiger partial charge in [-0.1, -0.05) is 35.9 Å². The van der Waals surface area contributed by atoms with Crippen molar-refractivity contribution in [3.05, 3.63) is 99.2 Å². The highest BCUT2D eigenvalue weighted by atomic mass is 35.5. The number of rotatable bonds is 5. The van der Waals surface area contributed by atoms with Crippen LogP contribution in [0.25, 0.3) is 6.08 Å². The van der Waals surface area contributed by atoms with Gasteiger partial charge in [-0.15, -0.1) is 0 Å². The van der Waals surface area contributed by atoms with Gasteiger partial charge in [0.1, 0.15) is 16.8 Å². The molecule has 0 spiro atoms. The zero-order valence-electron chi connectivity index (χ0n) is 20.5. The van der Waals surface area contributed by atoms with Crippen molar-refractivity contribution < 1.29 is 24.0 Å². The Morgan fingerprint density at radius 3 is 2.46 bits per heavy atom. The topological polar surface area (TPSA) is 122 Å². The fraction of sp³-hybridized carbons (Fsp3) is 0.179. The van der Waals surface area contributed by atoms with E-state index >= 15 is 0 Å². The second-order valence-electron chi connectivity index (χ2n) is 9.46. The molecular weight excluding hydrogens is 524 g/mol. The molecule has 3 aliphatic heterocycles. The zero-order valence-corrected chi connectivity index (χ0v) is 21.2. The van der Waals surface area contributed by atoms with Gasteiger partial charge in [0, 0.05) is 18.0 Å². The van der Waals surface area contributed by atoms with Crippen molar-refractivity contribution in [1.82, 2.24) is 4.90 Å². The predicted octanol–water partition coefficient (Wildman–Crippen LogP) is 4.41. The van der Waals surface area contributed by atoms with Crippen molar-refractivity contribution in [1.29, 1.82) is 0 Å². The predicted molar refractivity (Wildman–Crippen MR) is 143 cm³/mol. The van der Waals surface area contributed by atoms with Crippen LogP contribution in [0.4, 0.5) is 17.1 Å². The highest BCUT2D eigenvalue weighted by Gasteiger charge is 2.64. The molecule has 0 radical (unpaired) electrons. The Bertz CT molecular complexity index is 1570. The molecule has 0 bridgehead atoms. The Morgan fingerprint density at radius 1 is 1.03 bits per heavy atom. The van der Waals surface area contributed by atoms with Crippen molar-refractivity contribution in [2.75, 3.05) is 17.3 Å². The minimum Gasteiger partial charge on any atom is -0.497 e. The first kappa shape index (κ1) is 24.6. The van der Waals surface area contributed by atoms with Crippen molar-refractivity contribution in [3.8, 4) is 5.75 Å². The lowest BCUT2D eigenvalue weighted by Gasteiger charge is -2.35. The molecule has 0 unspecified atom stereocenters. The lowest BCUT2D eigenvalue weighted by atomic mass is 9.84. The van der Waals surface area contributed by atoms with E-state index in [0.29, 0.717) is 11.4 Å². The van der Waals surface area contributed by atoms with Crippen LogP contribution in [0, 0.1) is 22.0 Å². The summed E-state index contributed by atoms with van der Waals surface area (Å²) in [5.41, 5.74) is 1.92. The number of ether oxygens (including phenoxy) is 1. The number of nitro benzene ring substituents is 1. The van der Waals surface area contributed by atoms with Crippen LogP contribution in [0.3, 0.4) is 0 Å². The van der Waals surface area contributed by atoms with Crippen molar-refractivity contribution >= 4 is 52.5 Å². The number of anilines is 2. The van der Waals surface area contributed by atoms with Crippen LogP contribution in [0.15, 0.2) is 72.9 Å². The van der Waals surface area contributed by atoms with E-state index in [1.807, 2.05) is 30.3 Å². The van der Waals surface area contributed by atoms with Crippen molar-refractivity contribution in [2.45, 2.75) is 12.1 Å². The molecule has 2 saturated heterocycles. The largest absolute Gasteiger partial charge is 0.497 e. The molecule has 11 heteroatoms. The number of nitrogens with one attached hydrogen (secondary N) is 1. The van der Waals surface area contributed by atoms with Crippen LogP contribution in [-0.4, -0.2) is 40.7 Å². The number of nitrogens with zero attached hydrogens (tertiary/aromatic N) is 3. The third-order valence-electron chi connectivity index (χ3n) is 7.47. The summed E-state index contributed by atoms with van der Waals surface area (Å²) in [5.74, 6) is -2.68. The summed E-state index contributed by atoms with van der Waals surface area (Å²) in [6.07, 6.45) is 3.58.